The molecule has 1 saturated heterocycles. The second-order valence-electron chi connectivity index (χ2n) is 6.14. The standard InChI is InChI=1S/C19H19FN2O2S/c1-12(2)18(24)21-14-9-7-13(8-10-14)19-22(17(23)11-25-19)16-6-4-3-5-15(16)20/h3-10,12,19H,11H2,1-2H3,(H,21,24)/t19-/m0/s1. The Hall–Kier alpha value is -2.34. The van der Waals surface area contributed by atoms with Crippen LogP contribution in [0, 0.1) is 11.7 Å². The molecule has 6 heteroatoms. The highest BCUT2D eigenvalue weighted by Crippen LogP contribution is 2.42. The fourth-order valence-corrected chi connectivity index (χ4v) is 3.77. The van der Waals surface area contributed by atoms with Gasteiger partial charge >= 0.3 is 0 Å². The van der Waals surface area contributed by atoms with Crippen LogP contribution in [0.2, 0.25) is 0 Å². The van der Waals surface area contributed by atoms with E-state index in [2.05, 4.69) is 5.32 Å². The van der Waals surface area contributed by atoms with E-state index in [4.69, 9.17) is 0 Å². The number of halogens is 1. The van der Waals surface area contributed by atoms with Crippen molar-refractivity contribution in [1.82, 2.24) is 0 Å². The summed E-state index contributed by atoms with van der Waals surface area (Å²) in [6.45, 7) is 3.66. The van der Waals surface area contributed by atoms with Crippen LogP contribution in [0.3, 0.4) is 0 Å². The third-order valence-corrected chi connectivity index (χ3v) is 5.18. The second kappa shape index (κ2) is 7.27. The Balaban J connectivity index is 1.84. The molecule has 0 aliphatic carbocycles. The molecule has 1 heterocycles. The summed E-state index contributed by atoms with van der Waals surface area (Å²) in [6.07, 6.45) is 0. The Kier molecular flexibility index (Phi) is 5.08. The first-order valence-electron chi connectivity index (χ1n) is 8.06. The molecule has 4 nitrogen and oxygen atoms in total. The molecule has 2 aromatic rings. The highest BCUT2D eigenvalue weighted by molar-refractivity contribution is 8.00. The van der Waals surface area contributed by atoms with E-state index in [1.54, 1.807) is 30.3 Å². The predicted molar refractivity (Wildman–Crippen MR) is 99.0 cm³/mol. The molecule has 0 unspecified atom stereocenters. The summed E-state index contributed by atoms with van der Waals surface area (Å²) < 4.78 is 14.1. The van der Waals surface area contributed by atoms with Gasteiger partial charge in [-0.05, 0) is 29.8 Å². The zero-order valence-electron chi connectivity index (χ0n) is 14.0. The van der Waals surface area contributed by atoms with Crippen molar-refractivity contribution in [2.45, 2.75) is 19.2 Å². The lowest BCUT2D eigenvalue weighted by Crippen LogP contribution is -2.28. The van der Waals surface area contributed by atoms with Crippen LogP contribution in [0.15, 0.2) is 48.5 Å². The molecule has 0 aromatic heterocycles. The number of nitrogens with one attached hydrogen (secondary N) is 1. The summed E-state index contributed by atoms with van der Waals surface area (Å²) in [5.41, 5.74) is 1.88. The molecule has 1 N–H and O–H groups in total. The molecule has 0 radical (unpaired) electrons. The Labute approximate surface area is 150 Å². The Morgan fingerprint density at radius 1 is 1.20 bits per heavy atom. The number of para-hydroxylation sites is 1. The van der Waals surface area contributed by atoms with Crippen molar-refractivity contribution in [3.63, 3.8) is 0 Å². The molecule has 0 bridgehead atoms. The largest absolute Gasteiger partial charge is 0.326 e. The predicted octanol–water partition coefficient (Wildman–Crippen LogP) is 4.20. The zero-order chi connectivity index (χ0) is 18.0. The van der Waals surface area contributed by atoms with Gasteiger partial charge in [0.25, 0.3) is 0 Å². The molecule has 2 amide bonds. The number of rotatable bonds is 4. The quantitative estimate of drug-likeness (QED) is 0.891. The first-order valence-corrected chi connectivity index (χ1v) is 9.11. The van der Waals surface area contributed by atoms with Gasteiger partial charge in [-0.1, -0.05) is 38.1 Å². The number of hydrogen-bond acceptors (Lipinski definition) is 3. The van der Waals surface area contributed by atoms with E-state index in [1.807, 2.05) is 26.0 Å². The Morgan fingerprint density at radius 3 is 2.52 bits per heavy atom. The molecule has 2 aromatic carbocycles. The maximum Gasteiger partial charge on any atom is 0.238 e. The molecular weight excluding hydrogens is 339 g/mol. The molecule has 1 atom stereocenters. The summed E-state index contributed by atoms with van der Waals surface area (Å²) in [7, 11) is 0. The van der Waals surface area contributed by atoms with Crippen molar-refractivity contribution in [3.05, 3.63) is 59.9 Å². The summed E-state index contributed by atoms with van der Waals surface area (Å²) in [5.74, 6) is -0.364. The average Bonchev–Trinajstić information content (AvgIpc) is 2.97. The summed E-state index contributed by atoms with van der Waals surface area (Å²) in [4.78, 5) is 25.5. The molecular formula is C19H19FN2O2S. The maximum atomic E-state index is 14.1. The van der Waals surface area contributed by atoms with Gasteiger partial charge in [0.15, 0.2) is 0 Å². The number of amides is 2. The van der Waals surface area contributed by atoms with Crippen molar-refractivity contribution in [3.8, 4) is 0 Å². The van der Waals surface area contributed by atoms with Gasteiger partial charge < -0.3 is 5.32 Å². The molecule has 3 rings (SSSR count). The molecule has 1 aliphatic rings. The number of hydrogen-bond donors (Lipinski definition) is 1. The van der Waals surface area contributed by atoms with E-state index < -0.39 is 5.82 Å². The third kappa shape index (κ3) is 3.69. The SMILES string of the molecule is CC(C)C(=O)Nc1ccc([C@@H]2SCC(=O)N2c2ccccc2F)cc1. The number of carbonyl (C=O) groups is 2. The summed E-state index contributed by atoms with van der Waals surface area (Å²) in [6, 6.07) is 13.6. The van der Waals surface area contributed by atoms with Gasteiger partial charge in [0.05, 0.1) is 11.4 Å². The van der Waals surface area contributed by atoms with Crippen molar-refractivity contribution in [2.24, 2.45) is 5.92 Å². The lowest BCUT2D eigenvalue weighted by molar-refractivity contribution is -0.119. The van der Waals surface area contributed by atoms with Gasteiger partial charge in [0.1, 0.15) is 11.2 Å². The first kappa shape index (κ1) is 17.5. The molecule has 130 valence electrons. The van der Waals surface area contributed by atoms with Gasteiger partial charge in [0, 0.05) is 11.6 Å². The minimum atomic E-state index is -0.413. The topological polar surface area (TPSA) is 49.4 Å². The highest BCUT2D eigenvalue weighted by Gasteiger charge is 2.35. The lowest BCUT2D eigenvalue weighted by Gasteiger charge is -2.25. The smallest absolute Gasteiger partial charge is 0.238 e. The van der Waals surface area contributed by atoms with Crippen molar-refractivity contribution >= 4 is 35.0 Å². The fourth-order valence-electron chi connectivity index (χ4n) is 2.60. The van der Waals surface area contributed by atoms with Crippen LogP contribution >= 0.6 is 11.8 Å². The average molecular weight is 358 g/mol. The Morgan fingerprint density at radius 2 is 1.88 bits per heavy atom. The van der Waals surface area contributed by atoms with Crippen LogP contribution in [0.5, 0.6) is 0 Å². The minimum absolute atomic E-state index is 0.0499. The van der Waals surface area contributed by atoms with Gasteiger partial charge in [-0.3, -0.25) is 14.5 Å². The monoisotopic (exact) mass is 358 g/mol. The number of carbonyl (C=O) groups excluding carboxylic acids is 2. The Bertz CT molecular complexity index is 792. The van der Waals surface area contributed by atoms with Gasteiger partial charge in [0.2, 0.25) is 11.8 Å². The van der Waals surface area contributed by atoms with Crippen LogP contribution in [0.25, 0.3) is 0 Å². The van der Waals surface area contributed by atoms with E-state index in [1.165, 1.54) is 22.7 Å². The second-order valence-corrected chi connectivity index (χ2v) is 7.21. The van der Waals surface area contributed by atoms with Crippen molar-refractivity contribution < 1.29 is 14.0 Å². The van der Waals surface area contributed by atoms with Crippen molar-refractivity contribution in [1.29, 1.82) is 0 Å². The number of thioether (sulfide) groups is 1. The van der Waals surface area contributed by atoms with E-state index in [9.17, 15) is 14.0 Å². The van der Waals surface area contributed by atoms with E-state index in [0.29, 0.717) is 17.1 Å². The number of benzene rings is 2. The molecule has 0 saturated carbocycles. The van der Waals surface area contributed by atoms with Gasteiger partial charge in [-0.15, -0.1) is 11.8 Å². The highest BCUT2D eigenvalue weighted by atomic mass is 32.2. The van der Waals surface area contributed by atoms with Crippen LogP contribution in [0.1, 0.15) is 24.8 Å². The number of anilines is 2. The van der Waals surface area contributed by atoms with Crippen LogP contribution in [0.4, 0.5) is 15.8 Å². The van der Waals surface area contributed by atoms with E-state index in [0.717, 1.165) is 5.56 Å². The fraction of sp³-hybridized carbons (Fsp3) is 0.263. The molecule has 1 fully saturated rings. The zero-order valence-corrected chi connectivity index (χ0v) is 14.8. The maximum absolute atomic E-state index is 14.1. The molecule has 0 spiro atoms. The number of nitrogens with zero attached hydrogens (tertiary/aromatic N) is 1. The first-order chi connectivity index (χ1) is 12.0. The van der Waals surface area contributed by atoms with Crippen LogP contribution < -0.4 is 10.2 Å². The van der Waals surface area contributed by atoms with E-state index >= 15 is 0 Å². The van der Waals surface area contributed by atoms with Crippen LogP contribution in [-0.2, 0) is 9.59 Å². The summed E-state index contributed by atoms with van der Waals surface area (Å²) >= 11 is 1.46. The molecule has 25 heavy (non-hydrogen) atoms. The normalized spacial score (nSPS) is 17.2. The summed E-state index contributed by atoms with van der Waals surface area (Å²) in [5, 5.41) is 2.56. The van der Waals surface area contributed by atoms with Gasteiger partial charge in [-0.25, -0.2) is 4.39 Å². The third-order valence-electron chi connectivity index (χ3n) is 3.97. The van der Waals surface area contributed by atoms with E-state index in [-0.39, 0.29) is 23.1 Å². The minimum Gasteiger partial charge on any atom is -0.326 e. The van der Waals surface area contributed by atoms with Crippen LogP contribution in [-0.4, -0.2) is 17.6 Å². The molecule has 1 aliphatic heterocycles. The van der Waals surface area contributed by atoms with Crippen molar-refractivity contribution in [2.75, 3.05) is 16.0 Å². The lowest BCUT2D eigenvalue weighted by atomic mass is 10.1. The van der Waals surface area contributed by atoms with Gasteiger partial charge in [-0.2, -0.15) is 0 Å².